The zero-order valence-electron chi connectivity index (χ0n) is 17.7. The Morgan fingerprint density at radius 1 is 1.10 bits per heavy atom. The fraction of sp³-hybridized carbons (Fsp3) is 0.458. The third kappa shape index (κ3) is 6.58. The Hall–Kier alpha value is -2.32. The van der Waals surface area contributed by atoms with Gasteiger partial charge in [-0.15, -0.1) is 0 Å². The van der Waals surface area contributed by atoms with Gasteiger partial charge in [0, 0.05) is 45.7 Å². The summed E-state index contributed by atoms with van der Waals surface area (Å²) in [4.78, 5) is 10.1. The third-order valence-corrected chi connectivity index (χ3v) is 5.66. The minimum absolute atomic E-state index is 0.0776. The molecule has 0 unspecified atom stereocenters. The summed E-state index contributed by atoms with van der Waals surface area (Å²) in [6.07, 6.45) is 0.157. The van der Waals surface area contributed by atoms with Gasteiger partial charge in [0.25, 0.3) is 0 Å². The molecule has 2 aliphatic rings. The van der Waals surface area contributed by atoms with Crippen LogP contribution in [0.2, 0.25) is 0 Å². The normalized spacial score (nSPS) is 20.5. The van der Waals surface area contributed by atoms with Crippen LogP contribution < -0.4 is 0 Å². The minimum Gasteiger partial charge on any atom is -0.390 e. The molecular weight excluding hydrogens is 397 g/mol. The highest BCUT2D eigenvalue weighted by atomic mass is 19.1. The van der Waals surface area contributed by atoms with Crippen LogP contribution >= 0.6 is 0 Å². The van der Waals surface area contributed by atoms with Gasteiger partial charge in [-0.3, -0.25) is 9.80 Å². The summed E-state index contributed by atoms with van der Waals surface area (Å²) in [5.74, 6) is -0.248. The lowest BCUT2D eigenvalue weighted by Gasteiger charge is -2.31. The Morgan fingerprint density at radius 3 is 2.58 bits per heavy atom. The van der Waals surface area contributed by atoms with E-state index in [-0.39, 0.29) is 11.9 Å². The summed E-state index contributed by atoms with van der Waals surface area (Å²) >= 11 is 0. The summed E-state index contributed by atoms with van der Waals surface area (Å²) in [6.45, 7) is 5.47. The van der Waals surface area contributed by atoms with Crippen LogP contribution in [0.1, 0.15) is 17.5 Å². The molecule has 2 aromatic carbocycles. The first-order chi connectivity index (χ1) is 15.2. The lowest BCUT2D eigenvalue weighted by molar-refractivity contribution is -0.00266. The minimum atomic E-state index is -0.491. The molecule has 0 aromatic heterocycles. The van der Waals surface area contributed by atoms with Crippen molar-refractivity contribution in [2.75, 3.05) is 45.9 Å². The predicted octanol–water partition coefficient (Wildman–Crippen LogP) is 2.51. The third-order valence-electron chi connectivity index (χ3n) is 5.66. The molecule has 2 atom stereocenters. The van der Waals surface area contributed by atoms with Gasteiger partial charge in [0.2, 0.25) is 0 Å². The maximum atomic E-state index is 13.3. The van der Waals surface area contributed by atoms with E-state index in [9.17, 15) is 9.50 Å². The molecule has 166 valence electrons. The summed E-state index contributed by atoms with van der Waals surface area (Å²) in [7, 11) is 0. The van der Waals surface area contributed by atoms with Crippen molar-refractivity contribution >= 4 is 5.71 Å². The van der Waals surface area contributed by atoms with E-state index in [1.165, 1.54) is 12.1 Å². The number of benzene rings is 2. The fourth-order valence-corrected chi connectivity index (χ4v) is 4.10. The van der Waals surface area contributed by atoms with Crippen molar-refractivity contribution in [3.05, 3.63) is 71.5 Å². The van der Waals surface area contributed by atoms with Crippen LogP contribution in [-0.4, -0.2) is 78.8 Å². The van der Waals surface area contributed by atoms with Crippen molar-refractivity contribution < 1.29 is 19.1 Å². The van der Waals surface area contributed by atoms with Gasteiger partial charge in [-0.05, 0) is 23.3 Å². The summed E-state index contributed by atoms with van der Waals surface area (Å²) in [6, 6.07) is 16.6. The van der Waals surface area contributed by atoms with E-state index in [4.69, 9.17) is 9.57 Å². The molecule has 6 nitrogen and oxygen atoms in total. The molecule has 7 heteroatoms. The lowest BCUT2D eigenvalue weighted by Crippen LogP contribution is -2.45. The molecule has 2 heterocycles. The first-order valence-corrected chi connectivity index (χ1v) is 10.9. The summed E-state index contributed by atoms with van der Waals surface area (Å²) in [5, 5.41) is 15.0. The zero-order chi connectivity index (χ0) is 21.5. The number of oxime groups is 1. The highest BCUT2D eigenvalue weighted by molar-refractivity contribution is 6.01. The second-order valence-corrected chi connectivity index (χ2v) is 8.22. The largest absolute Gasteiger partial charge is 0.390 e. The van der Waals surface area contributed by atoms with Gasteiger partial charge in [-0.2, -0.15) is 0 Å². The Kier molecular flexibility index (Phi) is 7.64. The monoisotopic (exact) mass is 427 g/mol. The maximum absolute atomic E-state index is 13.3. The number of nitrogens with zero attached hydrogens (tertiary/aromatic N) is 3. The standard InChI is InChI=1S/C24H30FN3O3/c25-21-8-6-19(7-9-21)15-28(17-22(29)16-27-10-12-30-13-11-27)18-23-14-24(26-31-23)20-4-2-1-3-5-20/h1-9,22-23,29H,10-18H2/t22-,23+/m0/s1. The Labute approximate surface area is 182 Å². The van der Waals surface area contributed by atoms with Crippen molar-refractivity contribution in [1.29, 1.82) is 0 Å². The van der Waals surface area contributed by atoms with E-state index >= 15 is 0 Å². The van der Waals surface area contributed by atoms with E-state index in [1.807, 2.05) is 30.3 Å². The van der Waals surface area contributed by atoms with Gasteiger partial charge in [-0.25, -0.2) is 4.39 Å². The maximum Gasteiger partial charge on any atom is 0.145 e. The summed E-state index contributed by atoms with van der Waals surface area (Å²) in [5.41, 5.74) is 3.02. The van der Waals surface area contributed by atoms with Gasteiger partial charge in [0.05, 0.1) is 25.0 Å². The molecule has 0 aliphatic carbocycles. The van der Waals surface area contributed by atoms with Gasteiger partial charge in [0.1, 0.15) is 11.9 Å². The molecule has 4 rings (SSSR count). The highest BCUT2D eigenvalue weighted by Crippen LogP contribution is 2.19. The Balaban J connectivity index is 1.36. The lowest BCUT2D eigenvalue weighted by atomic mass is 10.0. The molecule has 0 amide bonds. The molecule has 2 aromatic rings. The number of β-amino-alcohol motifs (C(OH)–C–C–N with tert-alkyl or cyclic N) is 1. The molecule has 0 saturated carbocycles. The first-order valence-electron chi connectivity index (χ1n) is 10.9. The predicted molar refractivity (Wildman–Crippen MR) is 117 cm³/mol. The van der Waals surface area contributed by atoms with E-state index in [2.05, 4.69) is 15.0 Å². The molecule has 1 fully saturated rings. The van der Waals surface area contributed by atoms with Gasteiger partial charge in [-0.1, -0.05) is 47.6 Å². The second-order valence-electron chi connectivity index (χ2n) is 8.22. The Morgan fingerprint density at radius 2 is 1.84 bits per heavy atom. The molecule has 1 N–H and O–H groups in total. The number of rotatable bonds is 9. The Bertz CT molecular complexity index is 841. The van der Waals surface area contributed by atoms with Crippen LogP contribution in [0.5, 0.6) is 0 Å². The van der Waals surface area contributed by atoms with Gasteiger partial charge in [0.15, 0.2) is 0 Å². The van der Waals surface area contributed by atoms with Crippen LogP contribution in [0.15, 0.2) is 59.8 Å². The average Bonchev–Trinajstić information content (AvgIpc) is 3.25. The number of morpholine rings is 1. The van der Waals surface area contributed by atoms with E-state index < -0.39 is 6.10 Å². The number of ether oxygens (including phenoxy) is 1. The molecular formula is C24H30FN3O3. The van der Waals surface area contributed by atoms with Crippen molar-refractivity contribution in [3.8, 4) is 0 Å². The number of hydrogen-bond acceptors (Lipinski definition) is 6. The smallest absolute Gasteiger partial charge is 0.145 e. The molecule has 1 saturated heterocycles. The molecule has 0 radical (unpaired) electrons. The summed E-state index contributed by atoms with van der Waals surface area (Å²) < 4.78 is 18.7. The fourth-order valence-electron chi connectivity index (χ4n) is 4.10. The van der Waals surface area contributed by atoms with E-state index in [0.29, 0.717) is 39.4 Å². The number of hydrogen-bond donors (Lipinski definition) is 1. The molecule has 2 aliphatic heterocycles. The quantitative estimate of drug-likeness (QED) is 0.667. The van der Waals surface area contributed by atoms with Crippen LogP contribution in [0.25, 0.3) is 0 Å². The van der Waals surface area contributed by atoms with Crippen molar-refractivity contribution in [2.24, 2.45) is 5.16 Å². The SMILES string of the molecule is O[C@@H](CN1CCOCC1)CN(Cc1ccc(F)cc1)C[C@H]1CC(c2ccccc2)=NO1. The number of aliphatic hydroxyl groups excluding tert-OH is 1. The first kappa shape index (κ1) is 21.9. The van der Waals surface area contributed by atoms with Crippen LogP contribution in [0.3, 0.4) is 0 Å². The van der Waals surface area contributed by atoms with E-state index in [0.717, 1.165) is 36.3 Å². The molecule has 0 bridgehead atoms. The van der Waals surface area contributed by atoms with Gasteiger partial charge >= 0.3 is 0 Å². The topological polar surface area (TPSA) is 57.5 Å². The molecule has 31 heavy (non-hydrogen) atoms. The van der Waals surface area contributed by atoms with Crippen molar-refractivity contribution in [3.63, 3.8) is 0 Å². The number of halogens is 1. The average molecular weight is 428 g/mol. The van der Waals surface area contributed by atoms with Crippen LogP contribution in [0.4, 0.5) is 4.39 Å². The molecule has 0 spiro atoms. The van der Waals surface area contributed by atoms with E-state index in [1.54, 1.807) is 12.1 Å². The van der Waals surface area contributed by atoms with Crippen LogP contribution in [-0.2, 0) is 16.1 Å². The highest BCUT2D eigenvalue weighted by Gasteiger charge is 2.26. The van der Waals surface area contributed by atoms with Crippen LogP contribution in [0, 0.1) is 5.82 Å². The number of aliphatic hydroxyl groups is 1. The second kappa shape index (κ2) is 10.8. The van der Waals surface area contributed by atoms with Crippen molar-refractivity contribution in [2.45, 2.75) is 25.2 Å². The van der Waals surface area contributed by atoms with Gasteiger partial charge < -0.3 is 14.7 Å². The van der Waals surface area contributed by atoms with Crippen molar-refractivity contribution in [1.82, 2.24) is 9.80 Å². The zero-order valence-corrected chi connectivity index (χ0v) is 17.7.